The Labute approximate surface area is 115 Å². The molecule has 2 heterocycles. The number of nitrogens with zero attached hydrogens (tertiary/aromatic N) is 2. The zero-order valence-electron chi connectivity index (χ0n) is 10.4. The number of aryl methyl sites for hydroxylation is 1. The van der Waals surface area contributed by atoms with E-state index in [0.29, 0.717) is 0 Å². The summed E-state index contributed by atoms with van der Waals surface area (Å²) in [4.78, 5) is 4.60. The molecule has 0 fully saturated rings. The molecule has 1 atom stereocenters. The van der Waals surface area contributed by atoms with Gasteiger partial charge in [0.15, 0.2) is 0 Å². The first-order chi connectivity index (χ1) is 8.79. The van der Waals surface area contributed by atoms with Gasteiger partial charge in [-0.2, -0.15) is 0 Å². The Kier molecular flexibility index (Phi) is 3.22. The molecule has 1 aliphatic rings. The Balaban J connectivity index is 2.00. The number of benzene rings is 1. The van der Waals surface area contributed by atoms with E-state index >= 15 is 0 Å². The van der Waals surface area contributed by atoms with Crippen molar-refractivity contribution in [1.29, 1.82) is 0 Å². The highest BCUT2D eigenvalue weighted by Gasteiger charge is 2.25. The van der Waals surface area contributed by atoms with Crippen LogP contribution in [0.4, 0.5) is 0 Å². The molecule has 1 unspecified atom stereocenters. The van der Waals surface area contributed by atoms with Crippen molar-refractivity contribution in [2.75, 3.05) is 6.54 Å². The average molecular weight is 306 g/mol. The van der Waals surface area contributed by atoms with Gasteiger partial charge < -0.3 is 9.88 Å². The number of hydrogen-bond donors (Lipinski definition) is 1. The van der Waals surface area contributed by atoms with Crippen LogP contribution in [0.2, 0.25) is 0 Å². The Morgan fingerprint density at radius 1 is 1.39 bits per heavy atom. The first-order valence-electron chi connectivity index (χ1n) is 6.32. The first-order valence-corrected chi connectivity index (χ1v) is 7.11. The highest BCUT2D eigenvalue weighted by molar-refractivity contribution is 9.10. The maximum Gasteiger partial charge on any atom is 0.0952 e. The summed E-state index contributed by atoms with van der Waals surface area (Å²) in [7, 11) is 0. The van der Waals surface area contributed by atoms with Crippen molar-refractivity contribution in [3.63, 3.8) is 0 Å². The van der Waals surface area contributed by atoms with Gasteiger partial charge in [0.25, 0.3) is 0 Å². The molecular formula is C14H16BrN3. The van der Waals surface area contributed by atoms with Gasteiger partial charge in [-0.3, -0.25) is 0 Å². The average Bonchev–Trinajstić information content (AvgIpc) is 2.82. The summed E-state index contributed by atoms with van der Waals surface area (Å²) in [5.74, 6) is 0. The molecule has 0 saturated carbocycles. The van der Waals surface area contributed by atoms with Crippen LogP contribution in [0.3, 0.4) is 0 Å². The fraction of sp³-hybridized carbons (Fsp3) is 0.357. The second kappa shape index (κ2) is 4.86. The topological polar surface area (TPSA) is 29.9 Å². The van der Waals surface area contributed by atoms with Crippen molar-refractivity contribution < 1.29 is 0 Å². The van der Waals surface area contributed by atoms with E-state index in [1.807, 2.05) is 6.33 Å². The van der Waals surface area contributed by atoms with E-state index in [4.69, 9.17) is 0 Å². The SMILES string of the molecule is CCn1cnc2c1CCNC2c1ccc(Br)cc1. The van der Waals surface area contributed by atoms with Crippen molar-refractivity contribution in [3.8, 4) is 0 Å². The van der Waals surface area contributed by atoms with Gasteiger partial charge in [0, 0.05) is 29.7 Å². The molecule has 3 nitrogen and oxygen atoms in total. The highest BCUT2D eigenvalue weighted by Crippen LogP contribution is 2.28. The Morgan fingerprint density at radius 3 is 2.89 bits per heavy atom. The van der Waals surface area contributed by atoms with E-state index in [1.165, 1.54) is 17.0 Å². The largest absolute Gasteiger partial charge is 0.334 e. The number of hydrogen-bond acceptors (Lipinski definition) is 2. The fourth-order valence-electron chi connectivity index (χ4n) is 2.57. The normalized spacial score (nSPS) is 18.7. The molecule has 1 N–H and O–H groups in total. The Morgan fingerprint density at radius 2 is 2.17 bits per heavy atom. The third-order valence-electron chi connectivity index (χ3n) is 3.51. The summed E-state index contributed by atoms with van der Waals surface area (Å²) in [6.45, 7) is 4.17. The second-order valence-corrected chi connectivity index (χ2v) is 5.47. The monoisotopic (exact) mass is 305 g/mol. The van der Waals surface area contributed by atoms with Gasteiger partial charge in [-0.1, -0.05) is 28.1 Å². The summed E-state index contributed by atoms with van der Waals surface area (Å²) in [6, 6.07) is 8.71. The Bertz CT molecular complexity index is 545. The first kappa shape index (κ1) is 11.9. The van der Waals surface area contributed by atoms with Crippen LogP contribution in [0.15, 0.2) is 35.1 Å². The van der Waals surface area contributed by atoms with Gasteiger partial charge in [-0.15, -0.1) is 0 Å². The number of nitrogens with one attached hydrogen (secondary N) is 1. The fourth-order valence-corrected chi connectivity index (χ4v) is 2.84. The molecular weight excluding hydrogens is 290 g/mol. The minimum atomic E-state index is 0.231. The van der Waals surface area contributed by atoms with Gasteiger partial charge in [0.1, 0.15) is 0 Å². The molecule has 2 aromatic rings. The molecule has 1 aromatic carbocycles. The summed E-state index contributed by atoms with van der Waals surface area (Å²) >= 11 is 3.48. The second-order valence-electron chi connectivity index (χ2n) is 4.55. The highest BCUT2D eigenvalue weighted by atomic mass is 79.9. The third kappa shape index (κ3) is 1.99. The van der Waals surface area contributed by atoms with Crippen molar-refractivity contribution in [2.45, 2.75) is 25.9 Å². The predicted octanol–water partition coefficient (Wildman–Crippen LogP) is 2.90. The molecule has 4 heteroatoms. The van der Waals surface area contributed by atoms with Crippen LogP contribution in [0, 0.1) is 0 Å². The third-order valence-corrected chi connectivity index (χ3v) is 4.03. The van der Waals surface area contributed by atoms with E-state index < -0.39 is 0 Å². The van der Waals surface area contributed by atoms with Crippen LogP contribution < -0.4 is 5.32 Å². The van der Waals surface area contributed by atoms with Crippen molar-refractivity contribution in [2.24, 2.45) is 0 Å². The maximum atomic E-state index is 4.60. The molecule has 1 aliphatic heterocycles. The van der Waals surface area contributed by atoms with Crippen LogP contribution in [0.5, 0.6) is 0 Å². The molecule has 0 aliphatic carbocycles. The summed E-state index contributed by atoms with van der Waals surface area (Å²) < 4.78 is 3.36. The van der Waals surface area contributed by atoms with Crippen LogP contribution in [0.25, 0.3) is 0 Å². The van der Waals surface area contributed by atoms with E-state index in [1.54, 1.807) is 0 Å². The predicted molar refractivity (Wildman–Crippen MR) is 75.6 cm³/mol. The molecule has 18 heavy (non-hydrogen) atoms. The lowest BCUT2D eigenvalue weighted by molar-refractivity contribution is 0.538. The summed E-state index contributed by atoms with van der Waals surface area (Å²) in [5, 5.41) is 3.56. The zero-order chi connectivity index (χ0) is 12.5. The quantitative estimate of drug-likeness (QED) is 0.924. The number of aromatic nitrogens is 2. The van der Waals surface area contributed by atoms with Crippen molar-refractivity contribution in [1.82, 2.24) is 14.9 Å². The minimum absolute atomic E-state index is 0.231. The van der Waals surface area contributed by atoms with E-state index in [0.717, 1.165) is 24.0 Å². The molecule has 0 saturated heterocycles. The van der Waals surface area contributed by atoms with Crippen LogP contribution >= 0.6 is 15.9 Å². The smallest absolute Gasteiger partial charge is 0.0952 e. The van der Waals surface area contributed by atoms with Gasteiger partial charge >= 0.3 is 0 Å². The lowest BCUT2D eigenvalue weighted by Gasteiger charge is -2.24. The van der Waals surface area contributed by atoms with Gasteiger partial charge in [0.2, 0.25) is 0 Å². The summed E-state index contributed by atoms with van der Waals surface area (Å²) in [5.41, 5.74) is 3.84. The van der Waals surface area contributed by atoms with E-state index in [9.17, 15) is 0 Å². The van der Waals surface area contributed by atoms with Gasteiger partial charge in [-0.05, 0) is 24.6 Å². The molecule has 0 spiro atoms. The van der Waals surface area contributed by atoms with Crippen molar-refractivity contribution in [3.05, 3.63) is 52.0 Å². The standard InChI is InChI=1S/C14H16BrN3/c1-2-18-9-17-14-12(18)7-8-16-13(14)10-3-5-11(15)6-4-10/h3-6,9,13,16H,2,7-8H2,1H3. The van der Waals surface area contributed by atoms with E-state index in [2.05, 4.69) is 62.0 Å². The Hall–Kier alpha value is -1.13. The van der Waals surface area contributed by atoms with Crippen LogP contribution in [-0.4, -0.2) is 16.1 Å². The molecule has 0 bridgehead atoms. The molecule has 94 valence electrons. The molecule has 0 radical (unpaired) electrons. The van der Waals surface area contributed by atoms with Gasteiger partial charge in [-0.25, -0.2) is 4.98 Å². The maximum absolute atomic E-state index is 4.60. The van der Waals surface area contributed by atoms with Crippen LogP contribution in [0.1, 0.15) is 29.9 Å². The van der Waals surface area contributed by atoms with Gasteiger partial charge in [0.05, 0.1) is 18.1 Å². The van der Waals surface area contributed by atoms with E-state index in [-0.39, 0.29) is 6.04 Å². The molecule has 1 aromatic heterocycles. The number of rotatable bonds is 2. The molecule has 0 amide bonds. The lowest BCUT2D eigenvalue weighted by atomic mass is 9.98. The zero-order valence-corrected chi connectivity index (χ0v) is 11.9. The minimum Gasteiger partial charge on any atom is -0.334 e. The number of imidazole rings is 1. The summed E-state index contributed by atoms with van der Waals surface area (Å²) in [6.07, 6.45) is 3.03. The van der Waals surface area contributed by atoms with Crippen LogP contribution in [-0.2, 0) is 13.0 Å². The number of halogens is 1. The molecule has 3 rings (SSSR count). The number of fused-ring (bicyclic) bond motifs is 1. The lowest BCUT2D eigenvalue weighted by Crippen LogP contribution is -2.31. The van der Waals surface area contributed by atoms with Crippen molar-refractivity contribution >= 4 is 15.9 Å².